The molecular weight excluding hydrogens is 354 g/mol. The largest absolute Gasteiger partial charge is 0.469 e. The van der Waals surface area contributed by atoms with Crippen molar-refractivity contribution in [2.24, 2.45) is 5.92 Å². The maximum Gasteiger partial charge on any atom is 0.307 e. The molecule has 0 aliphatic carbocycles. The van der Waals surface area contributed by atoms with Gasteiger partial charge in [-0.05, 0) is 50.9 Å². The average Bonchev–Trinajstić information content (AvgIpc) is 2.75. The second-order valence-corrected chi connectivity index (χ2v) is 7.94. The highest BCUT2D eigenvalue weighted by Crippen LogP contribution is 2.24. The molecule has 1 atom stereocenters. The minimum atomic E-state index is -0.284. The summed E-state index contributed by atoms with van der Waals surface area (Å²) in [6.45, 7) is 5.56. The summed E-state index contributed by atoms with van der Waals surface area (Å²) in [6.07, 6.45) is 4.58. The van der Waals surface area contributed by atoms with Crippen LogP contribution in [0.5, 0.6) is 0 Å². The lowest BCUT2D eigenvalue weighted by Crippen LogP contribution is -2.50. The zero-order valence-corrected chi connectivity index (χ0v) is 16.9. The van der Waals surface area contributed by atoms with Crippen LogP contribution in [0.1, 0.15) is 37.7 Å². The van der Waals surface area contributed by atoms with Gasteiger partial charge in [0.1, 0.15) is 0 Å². The number of rotatable bonds is 7. The third-order valence-corrected chi connectivity index (χ3v) is 6.00. The Morgan fingerprint density at radius 3 is 2.57 bits per heavy atom. The van der Waals surface area contributed by atoms with Crippen LogP contribution in [0.4, 0.5) is 0 Å². The number of carbonyl (C=O) groups is 2. The van der Waals surface area contributed by atoms with Gasteiger partial charge >= 0.3 is 5.97 Å². The Labute approximate surface area is 168 Å². The van der Waals surface area contributed by atoms with Crippen LogP contribution in [-0.2, 0) is 20.9 Å². The normalized spacial score (nSPS) is 22.0. The predicted molar refractivity (Wildman–Crippen MR) is 109 cm³/mol. The SMILES string of the molecule is COC(=O)CCNC(=O)[C@@H]1CCCN(C2CCN(Cc3ccccc3)CC2)C1. The van der Waals surface area contributed by atoms with E-state index in [1.165, 1.54) is 25.5 Å². The first-order valence-corrected chi connectivity index (χ1v) is 10.5. The van der Waals surface area contributed by atoms with Crippen molar-refractivity contribution >= 4 is 11.9 Å². The maximum atomic E-state index is 12.5. The van der Waals surface area contributed by atoms with Crippen LogP contribution >= 0.6 is 0 Å². The van der Waals surface area contributed by atoms with Crippen molar-refractivity contribution in [2.45, 2.75) is 44.7 Å². The third-order valence-electron chi connectivity index (χ3n) is 6.00. The van der Waals surface area contributed by atoms with E-state index >= 15 is 0 Å². The summed E-state index contributed by atoms with van der Waals surface area (Å²) in [7, 11) is 1.37. The molecule has 1 aromatic carbocycles. The van der Waals surface area contributed by atoms with Gasteiger partial charge in [0.2, 0.25) is 5.91 Å². The Morgan fingerprint density at radius 2 is 1.86 bits per heavy atom. The molecule has 28 heavy (non-hydrogen) atoms. The lowest BCUT2D eigenvalue weighted by Gasteiger charge is -2.42. The molecule has 1 aromatic rings. The first-order valence-electron chi connectivity index (χ1n) is 10.5. The molecule has 2 fully saturated rings. The van der Waals surface area contributed by atoms with Gasteiger partial charge in [0.25, 0.3) is 0 Å². The van der Waals surface area contributed by atoms with Crippen LogP contribution in [0.25, 0.3) is 0 Å². The van der Waals surface area contributed by atoms with Gasteiger partial charge in [0.15, 0.2) is 0 Å². The van der Waals surface area contributed by atoms with Gasteiger partial charge in [-0.1, -0.05) is 30.3 Å². The van der Waals surface area contributed by atoms with Gasteiger partial charge in [0, 0.05) is 25.7 Å². The molecule has 0 unspecified atom stereocenters. The minimum absolute atomic E-state index is 0.0359. The monoisotopic (exact) mass is 387 g/mol. The van der Waals surface area contributed by atoms with E-state index < -0.39 is 0 Å². The second-order valence-electron chi connectivity index (χ2n) is 7.94. The van der Waals surface area contributed by atoms with E-state index in [9.17, 15) is 9.59 Å². The van der Waals surface area contributed by atoms with Crippen molar-refractivity contribution < 1.29 is 14.3 Å². The highest BCUT2D eigenvalue weighted by Gasteiger charge is 2.31. The molecule has 154 valence electrons. The molecule has 0 radical (unpaired) electrons. The molecule has 6 heteroatoms. The Bertz CT molecular complexity index is 629. The summed E-state index contributed by atoms with van der Waals surface area (Å²) < 4.78 is 4.62. The van der Waals surface area contributed by atoms with E-state index in [1.807, 2.05) is 0 Å². The molecular formula is C22H33N3O3. The Morgan fingerprint density at radius 1 is 1.11 bits per heavy atom. The fourth-order valence-electron chi connectivity index (χ4n) is 4.37. The standard InChI is InChI=1S/C22H33N3O3/c1-28-21(26)9-12-23-22(27)19-8-5-13-25(17-19)20-10-14-24(15-11-20)16-18-6-3-2-4-7-18/h2-4,6-7,19-20H,5,8-17H2,1H3,(H,23,27)/t19-/m1/s1. The average molecular weight is 388 g/mol. The van der Waals surface area contributed by atoms with Crippen LogP contribution in [0, 0.1) is 5.92 Å². The molecule has 6 nitrogen and oxygen atoms in total. The predicted octanol–water partition coefficient (Wildman–Crippen LogP) is 2.04. The number of amides is 1. The molecule has 2 aliphatic heterocycles. The Balaban J connectivity index is 1.41. The summed E-state index contributed by atoms with van der Waals surface area (Å²) in [6, 6.07) is 11.2. The summed E-state index contributed by atoms with van der Waals surface area (Å²) in [5.41, 5.74) is 1.38. The topological polar surface area (TPSA) is 61.9 Å². The second kappa shape index (κ2) is 10.6. The van der Waals surface area contributed by atoms with Crippen LogP contribution in [-0.4, -0.2) is 67.6 Å². The summed E-state index contributed by atoms with van der Waals surface area (Å²) >= 11 is 0. The molecule has 0 saturated carbocycles. The van der Waals surface area contributed by atoms with E-state index in [-0.39, 0.29) is 24.2 Å². The van der Waals surface area contributed by atoms with E-state index in [4.69, 9.17) is 0 Å². The van der Waals surface area contributed by atoms with Crippen LogP contribution < -0.4 is 5.32 Å². The number of hydrogen-bond donors (Lipinski definition) is 1. The summed E-state index contributed by atoms with van der Waals surface area (Å²) in [4.78, 5) is 28.7. The van der Waals surface area contributed by atoms with Crippen molar-refractivity contribution in [1.82, 2.24) is 15.1 Å². The molecule has 0 spiro atoms. The fourth-order valence-corrected chi connectivity index (χ4v) is 4.37. The van der Waals surface area contributed by atoms with Gasteiger partial charge in [-0.3, -0.25) is 19.4 Å². The van der Waals surface area contributed by atoms with Gasteiger partial charge in [-0.25, -0.2) is 0 Å². The number of likely N-dealkylation sites (tertiary alicyclic amines) is 2. The molecule has 3 rings (SSSR count). The number of carbonyl (C=O) groups excluding carboxylic acids is 2. The third kappa shape index (κ3) is 6.04. The van der Waals surface area contributed by atoms with Crippen molar-refractivity contribution in [1.29, 1.82) is 0 Å². The minimum Gasteiger partial charge on any atom is -0.469 e. The van der Waals surface area contributed by atoms with Gasteiger partial charge in [0.05, 0.1) is 19.4 Å². The van der Waals surface area contributed by atoms with E-state index in [2.05, 4.69) is 50.2 Å². The smallest absolute Gasteiger partial charge is 0.307 e. The van der Waals surface area contributed by atoms with Gasteiger partial charge in [-0.15, -0.1) is 0 Å². The first kappa shape index (κ1) is 20.8. The van der Waals surface area contributed by atoms with E-state index in [0.29, 0.717) is 12.6 Å². The van der Waals surface area contributed by atoms with Crippen LogP contribution in [0.2, 0.25) is 0 Å². The highest BCUT2D eigenvalue weighted by molar-refractivity contribution is 5.79. The van der Waals surface area contributed by atoms with E-state index in [1.54, 1.807) is 0 Å². The van der Waals surface area contributed by atoms with Crippen LogP contribution in [0.3, 0.4) is 0 Å². The number of hydrogen-bond acceptors (Lipinski definition) is 5. The first-order chi connectivity index (χ1) is 13.7. The molecule has 0 aromatic heterocycles. The van der Waals surface area contributed by atoms with Gasteiger partial charge < -0.3 is 10.1 Å². The number of nitrogens with zero attached hydrogens (tertiary/aromatic N) is 2. The Kier molecular flexibility index (Phi) is 7.86. The molecule has 1 N–H and O–H groups in total. The molecule has 0 bridgehead atoms. The van der Waals surface area contributed by atoms with Crippen molar-refractivity contribution in [3.05, 3.63) is 35.9 Å². The van der Waals surface area contributed by atoms with Crippen molar-refractivity contribution in [2.75, 3.05) is 39.8 Å². The zero-order chi connectivity index (χ0) is 19.8. The molecule has 2 aliphatic rings. The fraction of sp³-hybridized carbons (Fsp3) is 0.636. The van der Waals surface area contributed by atoms with Gasteiger partial charge in [-0.2, -0.15) is 0 Å². The van der Waals surface area contributed by atoms with E-state index in [0.717, 1.165) is 45.6 Å². The highest BCUT2D eigenvalue weighted by atomic mass is 16.5. The lowest BCUT2D eigenvalue weighted by atomic mass is 9.93. The summed E-state index contributed by atoms with van der Waals surface area (Å²) in [5, 5.41) is 2.90. The molecule has 2 heterocycles. The number of ether oxygens (including phenoxy) is 1. The quantitative estimate of drug-likeness (QED) is 0.726. The number of nitrogens with one attached hydrogen (secondary N) is 1. The number of methoxy groups -OCH3 is 1. The maximum absolute atomic E-state index is 12.5. The van der Waals surface area contributed by atoms with Crippen molar-refractivity contribution in [3.8, 4) is 0 Å². The van der Waals surface area contributed by atoms with Crippen molar-refractivity contribution in [3.63, 3.8) is 0 Å². The van der Waals surface area contributed by atoms with Crippen LogP contribution in [0.15, 0.2) is 30.3 Å². The number of benzene rings is 1. The lowest BCUT2D eigenvalue weighted by molar-refractivity contribution is -0.140. The molecule has 1 amide bonds. The Hall–Kier alpha value is -1.92. The number of esters is 1. The zero-order valence-electron chi connectivity index (χ0n) is 16.9. The summed E-state index contributed by atoms with van der Waals surface area (Å²) in [5.74, 6) is -0.170. The number of piperidine rings is 2. The molecule has 2 saturated heterocycles.